The van der Waals surface area contributed by atoms with Gasteiger partial charge in [0.1, 0.15) is 5.82 Å². The van der Waals surface area contributed by atoms with Crippen LogP contribution in [-0.4, -0.2) is 96.4 Å². The maximum atomic E-state index is 13.7. The molecule has 0 saturated carbocycles. The Morgan fingerprint density at radius 2 is 1.80 bits per heavy atom. The van der Waals surface area contributed by atoms with Gasteiger partial charge < -0.3 is 14.7 Å². The Kier molecular flexibility index (Phi) is 9.06. The highest BCUT2D eigenvalue weighted by atomic mass is 79.9. The van der Waals surface area contributed by atoms with Crippen molar-refractivity contribution in [1.29, 1.82) is 0 Å². The molecule has 6 nitrogen and oxygen atoms in total. The van der Waals surface area contributed by atoms with Gasteiger partial charge in [0.15, 0.2) is 0 Å². The summed E-state index contributed by atoms with van der Waals surface area (Å²) in [5.41, 5.74) is -0.0496. The molecule has 3 fully saturated rings. The summed E-state index contributed by atoms with van der Waals surface area (Å²) in [5, 5.41) is 0. The number of hydrogen-bond donors (Lipinski definition) is 0. The van der Waals surface area contributed by atoms with Crippen molar-refractivity contribution in [2.45, 2.75) is 49.9 Å². The largest absolute Gasteiger partial charge is 0.416 e. The van der Waals surface area contributed by atoms with Crippen LogP contribution in [0.3, 0.4) is 0 Å². The number of halogens is 5. The lowest BCUT2D eigenvalue weighted by Gasteiger charge is -2.51. The first-order chi connectivity index (χ1) is 19.5. The van der Waals surface area contributed by atoms with Crippen molar-refractivity contribution in [1.82, 2.24) is 19.6 Å². The van der Waals surface area contributed by atoms with Gasteiger partial charge in [-0.2, -0.15) is 13.2 Å². The van der Waals surface area contributed by atoms with Gasteiger partial charge in [0.25, 0.3) is 5.91 Å². The molecule has 3 heterocycles. The predicted molar refractivity (Wildman–Crippen MR) is 151 cm³/mol. The number of carbonyl (C=O) groups excluding carboxylic acids is 2. The minimum atomic E-state index is -4.56. The number of fused-ring (bicyclic) bond motifs is 1. The van der Waals surface area contributed by atoms with E-state index in [4.69, 9.17) is 0 Å². The fraction of sp³-hybridized carbons (Fsp3) is 0.533. The van der Waals surface area contributed by atoms with Crippen LogP contribution in [0.25, 0.3) is 0 Å². The van der Waals surface area contributed by atoms with E-state index >= 15 is 0 Å². The van der Waals surface area contributed by atoms with E-state index in [1.54, 1.807) is 19.2 Å². The molecule has 2 aromatic rings. The molecular formula is C30H35BrF4N4O2. The average molecular weight is 640 g/mol. The number of nitrogens with zero attached hydrogens (tertiary/aromatic N) is 4. The fourth-order valence-electron chi connectivity index (χ4n) is 6.32. The molecular weight excluding hydrogens is 604 g/mol. The lowest BCUT2D eigenvalue weighted by Crippen LogP contribution is -2.66. The Morgan fingerprint density at radius 1 is 1.07 bits per heavy atom. The molecule has 0 N–H and O–H groups in total. The third-order valence-electron chi connectivity index (χ3n) is 8.66. The molecule has 3 saturated heterocycles. The topological polar surface area (TPSA) is 47.1 Å². The smallest absolute Gasteiger partial charge is 0.341 e. The summed E-state index contributed by atoms with van der Waals surface area (Å²) >= 11 is 3.09. The number of alkyl halides is 3. The average Bonchev–Trinajstić information content (AvgIpc) is 2.90. The first-order valence-electron chi connectivity index (χ1n) is 14.1. The number of rotatable bonds is 8. The number of amides is 2. The third kappa shape index (κ3) is 7.11. The number of hydrogen-bond acceptors (Lipinski definition) is 4. The summed E-state index contributed by atoms with van der Waals surface area (Å²) in [6.45, 7) is 5.58. The second-order valence-electron chi connectivity index (χ2n) is 11.5. The van der Waals surface area contributed by atoms with Crippen LogP contribution in [0.2, 0.25) is 0 Å². The van der Waals surface area contributed by atoms with E-state index in [0.717, 1.165) is 69.8 Å². The van der Waals surface area contributed by atoms with Crippen LogP contribution in [0.15, 0.2) is 46.9 Å². The number of carbonyl (C=O) groups is 2. The van der Waals surface area contributed by atoms with E-state index < -0.39 is 17.6 Å². The van der Waals surface area contributed by atoms with Crippen molar-refractivity contribution in [3.05, 3.63) is 69.4 Å². The summed E-state index contributed by atoms with van der Waals surface area (Å²) in [6, 6.07) is 10.2. The Hall–Kier alpha value is -2.50. The Bertz CT molecular complexity index is 1250. The second kappa shape index (κ2) is 12.4. The molecule has 2 aromatic carbocycles. The van der Waals surface area contributed by atoms with E-state index in [2.05, 4.69) is 30.6 Å². The zero-order valence-corrected chi connectivity index (χ0v) is 24.6. The van der Waals surface area contributed by atoms with Crippen molar-refractivity contribution in [2.75, 3.05) is 52.9 Å². The monoisotopic (exact) mass is 638 g/mol. The van der Waals surface area contributed by atoms with Crippen LogP contribution < -0.4 is 0 Å². The number of piperazine rings is 1. The molecule has 0 aliphatic carbocycles. The van der Waals surface area contributed by atoms with E-state index in [0.29, 0.717) is 24.9 Å². The van der Waals surface area contributed by atoms with Crippen molar-refractivity contribution >= 4 is 27.7 Å². The number of piperidine rings is 1. The lowest BCUT2D eigenvalue weighted by atomic mass is 9.93. The molecule has 0 aromatic heterocycles. The Labute approximate surface area is 246 Å². The van der Waals surface area contributed by atoms with Gasteiger partial charge in [0, 0.05) is 80.8 Å². The van der Waals surface area contributed by atoms with Crippen molar-refractivity contribution < 1.29 is 27.2 Å². The SMILES string of the molecule is CN(C[C@@H](CCN1CC(N2CCN3C(=O)CCC[C@@H]3C2)C1)c1ccc(F)cc1)C(=O)c1cc(Br)cc(C(F)(F)F)c1. The van der Waals surface area contributed by atoms with Gasteiger partial charge in [-0.15, -0.1) is 0 Å². The highest BCUT2D eigenvalue weighted by Crippen LogP contribution is 2.33. The molecule has 0 bridgehead atoms. The standard InChI is InChI=1S/C30H35BrF4N4O2/c1-36(29(41)22-13-23(30(33,34)35)15-24(31)14-22)16-21(20-5-7-25(32)8-6-20)9-10-37-17-27(18-37)38-11-12-39-26(19-38)3-2-4-28(39)40/h5-8,13-15,21,26-27H,2-4,9-12,16-19H2,1H3/t21-,26-/m1/s1. The zero-order valence-electron chi connectivity index (χ0n) is 23.0. The van der Waals surface area contributed by atoms with Gasteiger partial charge in [0.2, 0.25) is 5.91 Å². The van der Waals surface area contributed by atoms with Crippen molar-refractivity contribution in [3.63, 3.8) is 0 Å². The normalized spacial score (nSPS) is 21.4. The molecule has 2 atom stereocenters. The van der Waals surface area contributed by atoms with Crippen LogP contribution in [0.4, 0.5) is 17.6 Å². The first kappa shape index (κ1) is 30.0. The summed E-state index contributed by atoms with van der Waals surface area (Å²) in [5.74, 6) is -0.689. The number of benzene rings is 2. The van der Waals surface area contributed by atoms with Gasteiger partial charge in [-0.25, -0.2) is 4.39 Å². The molecule has 3 aliphatic rings. The molecule has 0 radical (unpaired) electrons. The number of likely N-dealkylation sites (N-methyl/N-ethyl adjacent to an activating group) is 1. The van der Waals surface area contributed by atoms with E-state index in [1.807, 2.05) is 0 Å². The van der Waals surface area contributed by atoms with Gasteiger partial charge in [0.05, 0.1) is 5.56 Å². The summed E-state index contributed by atoms with van der Waals surface area (Å²) < 4.78 is 53.8. The molecule has 41 heavy (non-hydrogen) atoms. The van der Waals surface area contributed by atoms with Gasteiger partial charge in [-0.05, 0) is 61.7 Å². The highest BCUT2D eigenvalue weighted by molar-refractivity contribution is 9.10. The van der Waals surface area contributed by atoms with E-state index in [-0.39, 0.29) is 34.2 Å². The fourth-order valence-corrected chi connectivity index (χ4v) is 6.82. The second-order valence-corrected chi connectivity index (χ2v) is 12.4. The van der Waals surface area contributed by atoms with Crippen molar-refractivity contribution in [2.24, 2.45) is 0 Å². The number of likely N-dealkylation sites (tertiary alicyclic amines) is 1. The summed E-state index contributed by atoms with van der Waals surface area (Å²) in [4.78, 5) is 33.8. The molecule has 2 amide bonds. The van der Waals surface area contributed by atoms with E-state index in [9.17, 15) is 27.2 Å². The first-order valence-corrected chi connectivity index (χ1v) is 14.9. The minimum absolute atomic E-state index is 0.0441. The maximum Gasteiger partial charge on any atom is 0.416 e. The van der Waals surface area contributed by atoms with E-state index in [1.165, 1.54) is 23.1 Å². The Morgan fingerprint density at radius 3 is 2.51 bits per heavy atom. The predicted octanol–water partition coefficient (Wildman–Crippen LogP) is 5.23. The molecule has 222 valence electrons. The lowest BCUT2D eigenvalue weighted by molar-refractivity contribution is -0.141. The maximum absolute atomic E-state index is 13.7. The molecule has 3 aliphatic heterocycles. The Balaban J connectivity index is 1.19. The van der Waals surface area contributed by atoms with Crippen LogP contribution in [0.5, 0.6) is 0 Å². The highest BCUT2D eigenvalue weighted by Gasteiger charge is 2.39. The van der Waals surface area contributed by atoms with Crippen LogP contribution in [-0.2, 0) is 11.0 Å². The van der Waals surface area contributed by atoms with Gasteiger partial charge >= 0.3 is 6.18 Å². The van der Waals surface area contributed by atoms with Crippen molar-refractivity contribution in [3.8, 4) is 0 Å². The van der Waals surface area contributed by atoms with Crippen LogP contribution in [0.1, 0.15) is 53.1 Å². The quantitative estimate of drug-likeness (QED) is 0.372. The zero-order chi connectivity index (χ0) is 29.3. The minimum Gasteiger partial charge on any atom is -0.341 e. The van der Waals surface area contributed by atoms with Gasteiger partial charge in [-0.1, -0.05) is 28.1 Å². The van der Waals surface area contributed by atoms with Gasteiger partial charge in [-0.3, -0.25) is 14.5 Å². The molecule has 0 spiro atoms. The molecule has 0 unspecified atom stereocenters. The molecule has 11 heteroatoms. The molecule has 5 rings (SSSR count). The van der Waals surface area contributed by atoms with Crippen LogP contribution >= 0.6 is 15.9 Å². The van der Waals surface area contributed by atoms with Crippen LogP contribution in [0, 0.1) is 5.82 Å². The summed E-state index contributed by atoms with van der Waals surface area (Å²) in [6.07, 6.45) is -1.14. The summed E-state index contributed by atoms with van der Waals surface area (Å²) in [7, 11) is 1.59. The third-order valence-corrected chi connectivity index (χ3v) is 9.12.